The Bertz CT molecular complexity index is 510. The van der Waals surface area contributed by atoms with Crippen LogP contribution in [0.15, 0.2) is 30.5 Å². The second-order valence-electron chi connectivity index (χ2n) is 4.36. The third-order valence-electron chi connectivity index (χ3n) is 2.89. The molecule has 0 saturated carbocycles. The molecular formula is C14H17FN2S. The van der Waals surface area contributed by atoms with Gasteiger partial charge in [-0.2, -0.15) is 0 Å². The molecule has 1 N–H and O–H groups in total. The summed E-state index contributed by atoms with van der Waals surface area (Å²) in [5.74, 6) is 0.111. The Morgan fingerprint density at radius 3 is 2.89 bits per heavy atom. The van der Waals surface area contributed by atoms with Gasteiger partial charge in [0.15, 0.2) is 0 Å². The van der Waals surface area contributed by atoms with Crippen molar-refractivity contribution in [3.63, 3.8) is 0 Å². The Morgan fingerprint density at radius 2 is 2.28 bits per heavy atom. The number of rotatable bonds is 5. The average Bonchev–Trinajstić information content (AvgIpc) is 2.74. The van der Waals surface area contributed by atoms with E-state index in [1.807, 2.05) is 26.2 Å². The molecule has 2 aromatic rings. The SMILES string of the molecule is CNCC(Cc1cnc(C)s1)c1cccc(F)c1. The van der Waals surface area contributed by atoms with Gasteiger partial charge in [-0.3, -0.25) is 0 Å². The van der Waals surface area contributed by atoms with Crippen LogP contribution in [0, 0.1) is 12.7 Å². The number of thiazole rings is 1. The summed E-state index contributed by atoms with van der Waals surface area (Å²) in [5, 5.41) is 4.25. The van der Waals surface area contributed by atoms with Gasteiger partial charge in [0.2, 0.25) is 0 Å². The summed E-state index contributed by atoms with van der Waals surface area (Å²) >= 11 is 1.71. The highest BCUT2D eigenvalue weighted by molar-refractivity contribution is 7.11. The summed E-state index contributed by atoms with van der Waals surface area (Å²) in [4.78, 5) is 5.51. The summed E-state index contributed by atoms with van der Waals surface area (Å²) in [6, 6.07) is 6.86. The van der Waals surface area contributed by atoms with E-state index in [1.165, 1.54) is 10.9 Å². The molecule has 0 aliphatic heterocycles. The van der Waals surface area contributed by atoms with Crippen LogP contribution >= 0.6 is 11.3 Å². The molecule has 2 rings (SSSR count). The second kappa shape index (κ2) is 6.07. The van der Waals surface area contributed by atoms with Crippen LogP contribution in [0.4, 0.5) is 4.39 Å². The fourth-order valence-electron chi connectivity index (χ4n) is 2.06. The van der Waals surface area contributed by atoms with Gasteiger partial charge in [-0.05, 0) is 38.1 Å². The molecule has 4 heteroatoms. The van der Waals surface area contributed by atoms with E-state index >= 15 is 0 Å². The predicted molar refractivity (Wildman–Crippen MR) is 73.6 cm³/mol. The molecule has 0 aliphatic rings. The van der Waals surface area contributed by atoms with Gasteiger partial charge in [0.05, 0.1) is 5.01 Å². The molecule has 1 atom stereocenters. The Labute approximate surface area is 111 Å². The number of benzene rings is 1. The Kier molecular flexibility index (Phi) is 4.44. The molecule has 1 aromatic carbocycles. The van der Waals surface area contributed by atoms with Crippen molar-refractivity contribution in [3.8, 4) is 0 Å². The molecule has 18 heavy (non-hydrogen) atoms. The lowest BCUT2D eigenvalue weighted by molar-refractivity contribution is 0.602. The number of aromatic nitrogens is 1. The van der Waals surface area contributed by atoms with Crippen molar-refractivity contribution < 1.29 is 4.39 Å². The maximum atomic E-state index is 13.3. The molecule has 0 amide bonds. The molecule has 96 valence electrons. The minimum atomic E-state index is -0.172. The van der Waals surface area contributed by atoms with Gasteiger partial charge >= 0.3 is 0 Å². The first-order valence-corrected chi connectivity index (χ1v) is 6.82. The molecule has 0 spiro atoms. The molecule has 0 saturated heterocycles. The Morgan fingerprint density at radius 1 is 1.44 bits per heavy atom. The van der Waals surface area contributed by atoms with Crippen molar-refractivity contribution in [2.75, 3.05) is 13.6 Å². The van der Waals surface area contributed by atoms with Crippen molar-refractivity contribution in [3.05, 3.63) is 51.7 Å². The molecular weight excluding hydrogens is 247 g/mol. The normalized spacial score (nSPS) is 12.6. The van der Waals surface area contributed by atoms with Gasteiger partial charge in [-0.1, -0.05) is 12.1 Å². The van der Waals surface area contributed by atoms with Crippen LogP contribution in [0.2, 0.25) is 0 Å². The first-order chi connectivity index (χ1) is 8.69. The van der Waals surface area contributed by atoms with Gasteiger partial charge in [0, 0.05) is 23.5 Å². The number of halogens is 1. The van der Waals surface area contributed by atoms with E-state index in [4.69, 9.17) is 0 Å². The molecule has 1 aromatic heterocycles. The van der Waals surface area contributed by atoms with Gasteiger partial charge in [-0.25, -0.2) is 9.37 Å². The maximum Gasteiger partial charge on any atom is 0.123 e. The third-order valence-corrected chi connectivity index (χ3v) is 3.82. The van der Waals surface area contributed by atoms with E-state index in [1.54, 1.807) is 23.5 Å². The van der Waals surface area contributed by atoms with Crippen molar-refractivity contribution in [1.82, 2.24) is 10.3 Å². The standard InChI is InChI=1S/C14H17FN2S/c1-10-17-9-14(18-10)7-12(8-16-2)11-4-3-5-13(15)6-11/h3-6,9,12,16H,7-8H2,1-2H3. The van der Waals surface area contributed by atoms with Crippen LogP contribution in [0.3, 0.4) is 0 Å². The van der Waals surface area contributed by atoms with E-state index in [9.17, 15) is 4.39 Å². The van der Waals surface area contributed by atoms with Crippen LogP contribution in [0.1, 0.15) is 21.4 Å². The second-order valence-corrected chi connectivity index (χ2v) is 5.68. The zero-order valence-electron chi connectivity index (χ0n) is 10.6. The van der Waals surface area contributed by atoms with Crippen molar-refractivity contribution >= 4 is 11.3 Å². The van der Waals surface area contributed by atoms with E-state index in [0.29, 0.717) is 0 Å². The Balaban J connectivity index is 2.17. The monoisotopic (exact) mass is 264 g/mol. The number of nitrogens with one attached hydrogen (secondary N) is 1. The summed E-state index contributed by atoms with van der Waals surface area (Å²) in [5.41, 5.74) is 1.04. The van der Waals surface area contributed by atoms with Gasteiger partial charge in [-0.15, -0.1) is 11.3 Å². The predicted octanol–water partition coefficient (Wildman–Crippen LogP) is 3.14. The lowest BCUT2D eigenvalue weighted by Gasteiger charge is -2.16. The number of hydrogen-bond acceptors (Lipinski definition) is 3. The first-order valence-electron chi connectivity index (χ1n) is 6.00. The van der Waals surface area contributed by atoms with Gasteiger partial charge in [0.1, 0.15) is 5.82 Å². The third kappa shape index (κ3) is 3.37. The van der Waals surface area contributed by atoms with Crippen LogP contribution in [-0.4, -0.2) is 18.6 Å². The zero-order chi connectivity index (χ0) is 13.0. The van der Waals surface area contributed by atoms with E-state index < -0.39 is 0 Å². The van der Waals surface area contributed by atoms with Gasteiger partial charge < -0.3 is 5.32 Å². The molecule has 0 bridgehead atoms. The fourth-order valence-corrected chi connectivity index (χ4v) is 2.93. The summed E-state index contributed by atoms with van der Waals surface area (Å²) in [6.45, 7) is 2.84. The summed E-state index contributed by atoms with van der Waals surface area (Å²) in [7, 11) is 1.92. The van der Waals surface area contributed by atoms with Crippen molar-refractivity contribution in [1.29, 1.82) is 0 Å². The minimum Gasteiger partial charge on any atom is -0.319 e. The van der Waals surface area contributed by atoms with Gasteiger partial charge in [0.25, 0.3) is 0 Å². The maximum absolute atomic E-state index is 13.3. The average molecular weight is 264 g/mol. The lowest BCUT2D eigenvalue weighted by Crippen LogP contribution is -2.19. The van der Waals surface area contributed by atoms with E-state index in [-0.39, 0.29) is 11.7 Å². The van der Waals surface area contributed by atoms with E-state index in [2.05, 4.69) is 10.3 Å². The highest BCUT2D eigenvalue weighted by Gasteiger charge is 2.13. The zero-order valence-corrected chi connectivity index (χ0v) is 11.4. The largest absolute Gasteiger partial charge is 0.319 e. The highest BCUT2D eigenvalue weighted by Crippen LogP contribution is 2.24. The van der Waals surface area contributed by atoms with Crippen LogP contribution in [0.5, 0.6) is 0 Å². The molecule has 0 fully saturated rings. The molecule has 1 unspecified atom stereocenters. The number of nitrogens with zero attached hydrogens (tertiary/aromatic N) is 1. The smallest absolute Gasteiger partial charge is 0.123 e. The topological polar surface area (TPSA) is 24.9 Å². The number of aryl methyl sites for hydroxylation is 1. The highest BCUT2D eigenvalue weighted by atomic mass is 32.1. The molecule has 0 radical (unpaired) electrons. The molecule has 1 heterocycles. The first kappa shape index (κ1) is 13.2. The quantitative estimate of drug-likeness (QED) is 0.897. The molecule has 0 aliphatic carbocycles. The number of hydrogen-bond donors (Lipinski definition) is 1. The van der Waals surface area contributed by atoms with Crippen LogP contribution in [0.25, 0.3) is 0 Å². The van der Waals surface area contributed by atoms with Crippen molar-refractivity contribution in [2.24, 2.45) is 0 Å². The number of likely N-dealkylation sites (N-methyl/N-ethyl adjacent to an activating group) is 1. The minimum absolute atomic E-state index is 0.172. The van der Waals surface area contributed by atoms with E-state index in [0.717, 1.165) is 23.5 Å². The lowest BCUT2D eigenvalue weighted by atomic mass is 9.95. The Hall–Kier alpha value is -1.26. The van der Waals surface area contributed by atoms with Crippen molar-refractivity contribution in [2.45, 2.75) is 19.3 Å². The summed E-state index contributed by atoms with van der Waals surface area (Å²) < 4.78 is 13.3. The van der Waals surface area contributed by atoms with Crippen LogP contribution < -0.4 is 5.32 Å². The summed E-state index contributed by atoms with van der Waals surface area (Å²) in [6.07, 6.45) is 2.82. The fraction of sp³-hybridized carbons (Fsp3) is 0.357. The van der Waals surface area contributed by atoms with Crippen LogP contribution in [-0.2, 0) is 6.42 Å². The molecule has 2 nitrogen and oxygen atoms in total.